The van der Waals surface area contributed by atoms with E-state index >= 15 is 0 Å². The van der Waals surface area contributed by atoms with Crippen LogP contribution in [0.15, 0.2) is 0 Å². The van der Waals surface area contributed by atoms with Crippen LogP contribution in [0.2, 0.25) is 0 Å². The van der Waals surface area contributed by atoms with E-state index in [2.05, 4.69) is 10.6 Å². The number of nitrogens with one attached hydrogen (secondary N) is 2. The minimum Gasteiger partial charge on any atom is -0.396 e. The molecule has 0 rings (SSSR count). The van der Waals surface area contributed by atoms with Crippen molar-refractivity contribution in [3.8, 4) is 0 Å². The van der Waals surface area contributed by atoms with Gasteiger partial charge in [-0.25, -0.2) is 0 Å². The number of rotatable bonds is 7. The second-order valence-electron chi connectivity index (χ2n) is 3.93. The Morgan fingerprint density at radius 3 is 2.47 bits per heavy atom. The van der Waals surface area contributed by atoms with Crippen LogP contribution in [-0.4, -0.2) is 43.3 Å². The van der Waals surface area contributed by atoms with Crippen molar-refractivity contribution in [2.75, 3.05) is 20.2 Å². The zero-order valence-corrected chi connectivity index (χ0v) is 9.79. The first-order chi connectivity index (χ1) is 7.04. The van der Waals surface area contributed by atoms with Crippen molar-refractivity contribution < 1.29 is 9.90 Å². The number of nitrogens with two attached hydrogens (primary N) is 1. The molecular weight excluding hydrogens is 194 g/mol. The largest absolute Gasteiger partial charge is 0.396 e. The maximum atomic E-state index is 11.1. The number of aliphatic hydroxyl groups is 1. The van der Waals surface area contributed by atoms with Crippen LogP contribution in [0.4, 0.5) is 0 Å². The fourth-order valence-corrected chi connectivity index (χ4v) is 1.23. The Hall–Kier alpha value is -0.650. The first-order valence-electron chi connectivity index (χ1n) is 5.32. The smallest absolute Gasteiger partial charge is 0.221 e. The average molecular weight is 217 g/mol. The van der Waals surface area contributed by atoms with Gasteiger partial charge in [0, 0.05) is 38.7 Å². The zero-order chi connectivity index (χ0) is 11.8. The monoisotopic (exact) mass is 217 g/mol. The van der Waals surface area contributed by atoms with Crippen LogP contribution in [0.25, 0.3) is 0 Å². The Morgan fingerprint density at radius 1 is 1.47 bits per heavy atom. The zero-order valence-electron chi connectivity index (χ0n) is 9.79. The van der Waals surface area contributed by atoms with Gasteiger partial charge in [0.05, 0.1) is 0 Å². The lowest BCUT2D eigenvalue weighted by molar-refractivity contribution is -0.121. The van der Waals surface area contributed by atoms with Crippen LogP contribution in [-0.2, 0) is 4.79 Å². The van der Waals surface area contributed by atoms with Gasteiger partial charge >= 0.3 is 0 Å². The van der Waals surface area contributed by atoms with E-state index in [4.69, 9.17) is 10.8 Å². The van der Waals surface area contributed by atoms with Crippen molar-refractivity contribution in [3.63, 3.8) is 0 Å². The third kappa shape index (κ3) is 5.71. The summed E-state index contributed by atoms with van der Waals surface area (Å²) in [5, 5.41) is 14.8. The molecule has 0 bridgehead atoms. The van der Waals surface area contributed by atoms with Crippen molar-refractivity contribution in [1.29, 1.82) is 0 Å². The van der Waals surface area contributed by atoms with Crippen molar-refractivity contribution in [2.45, 2.75) is 32.4 Å². The molecule has 0 aliphatic carbocycles. The first kappa shape index (κ1) is 14.3. The highest BCUT2D eigenvalue weighted by Gasteiger charge is 2.17. The van der Waals surface area contributed by atoms with Gasteiger partial charge in [0.2, 0.25) is 5.91 Å². The lowest BCUT2D eigenvalue weighted by Crippen LogP contribution is -2.47. The van der Waals surface area contributed by atoms with Crippen LogP contribution in [0, 0.1) is 5.92 Å². The second-order valence-corrected chi connectivity index (χ2v) is 3.93. The predicted molar refractivity (Wildman–Crippen MR) is 60.4 cm³/mol. The average Bonchev–Trinajstić information content (AvgIpc) is 2.26. The minimum absolute atomic E-state index is 0.0261. The molecule has 1 amide bonds. The van der Waals surface area contributed by atoms with E-state index < -0.39 is 0 Å². The predicted octanol–water partition coefficient (Wildman–Crippen LogP) is -0.944. The Bertz CT molecular complexity index is 188. The first-order valence-corrected chi connectivity index (χ1v) is 5.32. The number of carbonyl (C=O) groups excluding carboxylic acids is 1. The van der Waals surface area contributed by atoms with E-state index in [1.165, 1.54) is 0 Å². The van der Waals surface area contributed by atoms with E-state index in [0.717, 1.165) is 0 Å². The van der Waals surface area contributed by atoms with E-state index in [-0.39, 0.29) is 30.5 Å². The molecule has 0 saturated carbocycles. The number of amides is 1. The van der Waals surface area contributed by atoms with Gasteiger partial charge in [0.15, 0.2) is 0 Å². The highest BCUT2D eigenvalue weighted by Crippen LogP contribution is 2.03. The van der Waals surface area contributed by atoms with Crippen LogP contribution >= 0.6 is 0 Å². The number of hydrogen-bond acceptors (Lipinski definition) is 4. The Balaban J connectivity index is 4.03. The van der Waals surface area contributed by atoms with E-state index in [0.29, 0.717) is 13.0 Å². The molecule has 3 atom stereocenters. The molecule has 5 N–H and O–H groups in total. The van der Waals surface area contributed by atoms with Gasteiger partial charge in [-0.1, -0.05) is 6.92 Å². The van der Waals surface area contributed by atoms with Gasteiger partial charge in [0.1, 0.15) is 0 Å². The molecule has 0 aromatic carbocycles. The summed E-state index contributed by atoms with van der Waals surface area (Å²) in [4.78, 5) is 11.1. The van der Waals surface area contributed by atoms with Gasteiger partial charge in [0.25, 0.3) is 0 Å². The van der Waals surface area contributed by atoms with Gasteiger partial charge in [-0.15, -0.1) is 0 Å². The molecule has 0 radical (unpaired) electrons. The fraction of sp³-hybridized carbons (Fsp3) is 0.900. The van der Waals surface area contributed by atoms with Crippen molar-refractivity contribution >= 4 is 5.91 Å². The number of aliphatic hydroxyl groups excluding tert-OH is 1. The summed E-state index contributed by atoms with van der Waals surface area (Å²) in [5.74, 6) is 0.130. The molecule has 0 aliphatic heterocycles. The quantitative estimate of drug-likeness (QED) is 0.443. The summed E-state index contributed by atoms with van der Waals surface area (Å²) in [6, 6.07) is 0.113. The number of hydrogen-bond donors (Lipinski definition) is 4. The second kappa shape index (κ2) is 7.62. The maximum absolute atomic E-state index is 11.1. The van der Waals surface area contributed by atoms with E-state index in [1.807, 2.05) is 13.8 Å². The highest BCUT2D eigenvalue weighted by atomic mass is 16.3. The molecule has 0 aliphatic rings. The molecule has 0 aromatic rings. The van der Waals surface area contributed by atoms with Crippen LogP contribution in [0.5, 0.6) is 0 Å². The molecule has 5 nitrogen and oxygen atoms in total. The molecule has 90 valence electrons. The van der Waals surface area contributed by atoms with Crippen LogP contribution < -0.4 is 16.4 Å². The molecule has 15 heavy (non-hydrogen) atoms. The fourth-order valence-electron chi connectivity index (χ4n) is 1.23. The van der Waals surface area contributed by atoms with Crippen molar-refractivity contribution in [1.82, 2.24) is 10.6 Å². The lowest BCUT2D eigenvalue weighted by atomic mass is 10.0. The van der Waals surface area contributed by atoms with E-state index in [9.17, 15) is 4.79 Å². The van der Waals surface area contributed by atoms with Crippen molar-refractivity contribution in [3.05, 3.63) is 0 Å². The summed E-state index contributed by atoms with van der Waals surface area (Å²) in [7, 11) is 1.61. The molecule has 0 saturated heterocycles. The maximum Gasteiger partial charge on any atom is 0.221 e. The molecule has 0 spiro atoms. The van der Waals surface area contributed by atoms with Gasteiger partial charge < -0.3 is 21.5 Å². The van der Waals surface area contributed by atoms with E-state index in [1.54, 1.807) is 7.05 Å². The Morgan fingerprint density at radius 2 is 2.07 bits per heavy atom. The molecule has 0 aromatic heterocycles. The lowest BCUT2D eigenvalue weighted by Gasteiger charge is -2.25. The summed E-state index contributed by atoms with van der Waals surface area (Å²) in [6.07, 6.45) is 0.371. The number of carbonyl (C=O) groups is 1. The Labute approximate surface area is 91.4 Å². The van der Waals surface area contributed by atoms with Crippen LogP contribution in [0.3, 0.4) is 0 Å². The van der Waals surface area contributed by atoms with Gasteiger partial charge in [-0.05, 0) is 12.8 Å². The third-order valence-corrected chi connectivity index (χ3v) is 2.64. The summed E-state index contributed by atoms with van der Waals surface area (Å²) in [6.45, 7) is 4.47. The summed E-state index contributed by atoms with van der Waals surface area (Å²) in [5.41, 5.74) is 5.56. The molecule has 3 unspecified atom stereocenters. The van der Waals surface area contributed by atoms with Gasteiger partial charge in [-0.3, -0.25) is 4.79 Å². The molecular formula is C10H23N3O2. The molecule has 0 heterocycles. The Kier molecular flexibility index (Phi) is 7.29. The molecule has 5 heteroatoms. The van der Waals surface area contributed by atoms with Gasteiger partial charge in [-0.2, -0.15) is 0 Å². The van der Waals surface area contributed by atoms with Crippen molar-refractivity contribution in [2.24, 2.45) is 11.7 Å². The standard InChI is InChI=1S/C10H23N3O2/c1-7(6-14)8(2)13-9(5-11)4-10(15)12-3/h7-9,13-14H,4-6,11H2,1-3H3,(H,12,15). The minimum atomic E-state index is -0.0334. The summed E-state index contributed by atoms with van der Waals surface area (Å²) < 4.78 is 0. The SMILES string of the molecule is CNC(=O)CC(CN)NC(C)C(C)CO. The summed E-state index contributed by atoms with van der Waals surface area (Å²) >= 11 is 0. The highest BCUT2D eigenvalue weighted by molar-refractivity contribution is 5.76. The van der Waals surface area contributed by atoms with Crippen LogP contribution in [0.1, 0.15) is 20.3 Å². The topological polar surface area (TPSA) is 87.4 Å². The third-order valence-electron chi connectivity index (χ3n) is 2.64. The molecule has 0 fully saturated rings. The normalized spacial score (nSPS) is 16.9.